The van der Waals surface area contributed by atoms with E-state index >= 15 is 0 Å². The molecule has 0 saturated carbocycles. The predicted octanol–water partition coefficient (Wildman–Crippen LogP) is 2.32. The molecule has 0 bridgehead atoms. The minimum absolute atomic E-state index is 0.0548. The number of anilines is 1. The summed E-state index contributed by atoms with van der Waals surface area (Å²) in [5, 5.41) is 2.87. The van der Waals surface area contributed by atoms with E-state index in [9.17, 15) is 13.2 Å². The van der Waals surface area contributed by atoms with E-state index in [0.717, 1.165) is 16.1 Å². The molecule has 0 aliphatic carbocycles. The van der Waals surface area contributed by atoms with Gasteiger partial charge >= 0.3 is 0 Å². The summed E-state index contributed by atoms with van der Waals surface area (Å²) in [6, 6.07) is 4.28. The third-order valence-corrected chi connectivity index (χ3v) is 5.26. The number of hydrogen-bond donors (Lipinski definition) is 1. The molecule has 1 aromatic rings. The minimum atomic E-state index is -3.68. The molecule has 0 radical (unpaired) electrons. The van der Waals surface area contributed by atoms with Crippen molar-refractivity contribution in [2.24, 2.45) is 5.92 Å². The van der Waals surface area contributed by atoms with Gasteiger partial charge in [-0.25, -0.2) is 8.42 Å². The van der Waals surface area contributed by atoms with Gasteiger partial charge in [0, 0.05) is 6.04 Å². The molecule has 0 fully saturated rings. The summed E-state index contributed by atoms with van der Waals surface area (Å²) in [5.74, 6) is 0.314. The van der Waals surface area contributed by atoms with E-state index in [1.807, 2.05) is 33.8 Å². The lowest BCUT2D eigenvalue weighted by molar-refractivity contribution is -0.122. The third kappa shape index (κ3) is 4.87. The van der Waals surface area contributed by atoms with Crippen LogP contribution >= 0.6 is 0 Å². The second kappa shape index (κ2) is 7.88. The number of hydrogen-bond acceptors (Lipinski definition) is 4. The van der Waals surface area contributed by atoms with Gasteiger partial charge in [-0.2, -0.15) is 0 Å². The number of carbonyl (C=O) groups excluding carboxylic acids is 1. The summed E-state index contributed by atoms with van der Waals surface area (Å²) in [6.07, 6.45) is 1.09. The summed E-state index contributed by atoms with van der Waals surface area (Å²) >= 11 is 0. The zero-order valence-electron chi connectivity index (χ0n) is 15.5. The number of aryl methyl sites for hydroxylation is 1. The van der Waals surface area contributed by atoms with E-state index in [2.05, 4.69) is 5.32 Å². The van der Waals surface area contributed by atoms with E-state index in [1.165, 1.54) is 7.11 Å². The average Bonchev–Trinajstić information content (AvgIpc) is 2.45. The van der Waals surface area contributed by atoms with E-state index in [-0.39, 0.29) is 17.9 Å². The van der Waals surface area contributed by atoms with Crippen LogP contribution in [0.2, 0.25) is 0 Å². The molecule has 1 aromatic carbocycles. The van der Waals surface area contributed by atoms with Crippen LogP contribution in [0.4, 0.5) is 5.69 Å². The molecule has 0 aliphatic rings. The number of nitrogens with zero attached hydrogens (tertiary/aromatic N) is 1. The molecule has 2 unspecified atom stereocenters. The van der Waals surface area contributed by atoms with E-state index in [0.29, 0.717) is 11.4 Å². The van der Waals surface area contributed by atoms with Crippen LogP contribution in [0.3, 0.4) is 0 Å². The molecular formula is C17H28N2O4S. The van der Waals surface area contributed by atoms with Crippen molar-refractivity contribution >= 4 is 21.6 Å². The number of carbonyl (C=O) groups is 1. The predicted molar refractivity (Wildman–Crippen MR) is 97.0 cm³/mol. The smallest absolute Gasteiger partial charge is 0.243 e. The van der Waals surface area contributed by atoms with Crippen LogP contribution in [-0.4, -0.2) is 39.8 Å². The second-order valence-electron chi connectivity index (χ2n) is 6.45. The quantitative estimate of drug-likeness (QED) is 0.813. The van der Waals surface area contributed by atoms with Crippen LogP contribution in [0.1, 0.15) is 33.3 Å². The fourth-order valence-corrected chi connectivity index (χ4v) is 3.44. The molecule has 0 heterocycles. The zero-order chi connectivity index (χ0) is 18.7. The largest absolute Gasteiger partial charge is 0.495 e. The van der Waals surface area contributed by atoms with E-state index in [1.54, 1.807) is 19.1 Å². The molecule has 0 aliphatic heterocycles. The first kappa shape index (κ1) is 20.3. The van der Waals surface area contributed by atoms with Crippen LogP contribution in [0, 0.1) is 12.8 Å². The molecule has 0 saturated heterocycles. The Balaban J connectivity index is 3.29. The Bertz CT molecular complexity index is 686. The maximum atomic E-state index is 12.5. The molecule has 0 spiro atoms. The van der Waals surface area contributed by atoms with Gasteiger partial charge in [0.1, 0.15) is 11.8 Å². The highest BCUT2D eigenvalue weighted by atomic mass is 32.2. The Kier molecular flexibility index (Phi) is 6.66. The third-order valence-electron chi connectivity index (χ3n) is 4.03. The van der Waals surface area contributed by atoms with Crippen molar-refractivity contribution in [1.29, 1.82) is 0 Å². The first-order valence-electron chi connectivity index (χ1n) is 7.93. The fraction of sp³-hybridized carbons (Fsp3) is 0.588. The zero-order valence-corrected chi connectivity index (χ0v) is 16.3. The van der Waals surface area contributed by atoms with Gasteiger partial charge in [0.05, 0.1) is 19.1 Å². The Labute approximate surface area is 145 Å². The Morgan fingerprint density at radius 1 is 1.21 bits per heavy atom. The van der Waals surface area contributed by atoms with Gasteiger partial charge in [-0.1, -0.05) is 19.9 Å². The topological polar surface area (TPSA) is 75.7 Å². The Hall–Kier alpha value is -1.76. The van der Waals surface area contributed by atoms with Gasteiger partial charge in [-0.05, 0) is 44.4 Å². The molecule has 0 aromatic heterocycles. The van der Waals surface area contributed by atoms with Crippen molar-refractivity contribution in [3.8, 4) is 5.75 Å². The Morgan fingerprint density at radius 2 is 1.79 bits per heavy atom. The second-order valence-corrected chi connectivity index (χ2v) is 8.31. The van der Waals surface area contributed by atoms with Crippen molar-refractivity contribution < 1.29 is 17.9 Å². The summed E-state index contributed by atoms with van der Waals surface area (Å²) in [6.45, 7) is 9.31. The van der Waals surface area contributed by atoms with Crippen molar-refractivity contribution in [3.05, 3.63) is 23.8 Å². The molecule has 1 amide bonds. The van der Waals surface area contributed by atoms with Crippen LogP contribution in [0.5, 0.6) is 5.75 Å². The van der Waals surface area contributed by atoms with Crippen molar-refractivity contribution in [3.63, 3.8) is 0 Å². The summed E-state index contributed by atoms with van der Waals surface area (Å²) < 4.78 is 31.1. The van der Waals surface area contributed by atoms with Gasteiger partial charge < -0.3 is 10.1 Å². The molecule has 6 nitrogen and oxygen atoms in total. The highest BCUT2D eigenvalue weighted by Crippen LogP contribution is 2.32. The van der Waals surface area contributed by atoms with E-state index in [4.69, 9.17) is 4.74 Å². The van der Waals surface area contributed by atoms with Crippen LogP contribution in [-0.2, 0) is 14.8 Å². The Morgan fingerprint density at radius 3 is 2.25 bits per heavy atom. The van der Waals surface area contributed by atoms with Crippen LogP contribution in [0.15, 0.2) is 18.2 Å². The number of benzene rings is 1. The van der Waals surface area contributed by atoms with Gasteiger partial charge in [0.15, 0.2) is 0 Å². The molecule has 1 N–H and O–H groups in total. The molecule has 7 heteroatoms. The number of sulfonamides is 1. The lowest BCUT2D eigenvalue weighted by atomic mass is 10.1. The number of ether oxygens (including phenoxy) is 1. The number of nitrogens with one attached hydrogen (secondary N) is 1. The summed E-state index contributed by atoms with van der Waals surface area (Å²) in [7, 11) is -2.20. The maximum absolute atomic E-state index is 12.5. The first-order chi connectivity index (χ1) is 11.0. The van der Waals surface area contributed by atoms with Crippen molar-refractivity contribution in [2.75, 3.05) is 17.7 Å². The van der Waals surface area contributed by atoms with Gasteiger partial charge in [0.2, 0.25) is 15.9 Å². The monoisotopic (exact) mass is 356 g/mol. The SMILES string of the molecule is COc1ccc(C)cc1N(C(C)C(=O)NC(C)C(C)C)S(C)(=O)=O. The lowest BCUT2D eigenvalue weighted by Crippen LogP contribution is -2.50. The number of amides is 1. The first-order valence-corrected chi connectivity index (χ1v) is 9.78. The summed E-state index contributed by atoms with van der Waals surface area (Å²) in [4.78, 5) is 12.5. The summed E-state index contributed by atoms with van der Waals surface area (Å²) in [5.41, 5.74) is 1.24. The normalized spacial score (nSPS) is 14.2. The highest BCUT2D eigenvalue weighted by Gasteiger charge is 2.32. The molecule has 24 heavy (non-hydrogen) atoms. The number of rotatable bonds is 7. The van der Waals surface area contributed by atoms with Gasteiger partial charge in [-0.3, -0.25) is 9.10 Å². The molecule has 1 rings (SSSR count). The highest BCUT2D eigenvalue weighted by molar-refractivity contribution is 7.92. The van der Waals surface area contributed by atoms with Crippen molar-refractivity contribution in [1.82, 2.24) is 5.32 Å². The van der Waals surface area contributed by atoms with Crippen LogP contribution < -0.4 is 14.4 Å². The fourth-order valence-electron chi connectivity index (χ4n) is 2.26. The standard InChI is InChI=1S/C17H28N2O4S/c1-11(2)13(4)18-17(20)14(5)19(24(7,21)22)15-10-12(3)8-9-16(15)23-6/h8-11,13-14H,1-7H3,(H,18,20). The average molecular weight is 356 g/mol. The molecule has 136 valence electrons. The van der Waals surface area contributed by atoms with Crippen LogP contribution in [0.25, 0.3) is 0 Å². The number of methoxy groups -OCH3 is 1. The molecular weight excluding hydrogens is 328 g/mol. The maximum Gasteiger partial charge on any atom is 0.243 e. The van der Waals surface area contributed by atoms with E-state index < -0.39 is 16.1 Å². The minimum Gasteiger partial charge on any atom is -0.495 e. The molecule has 2 atom stereocenters. The van der Waals surface area contributed by atoms with Gasteiger partial charge in [-0.15, -0.1) is 0 Å². The van der Waals surface area contributed by atoms with Gasteiger partial charge in [0.25, 0.3) is 0 Å². The lowest BCUT2D eigenvalue weighted by Gasteiger charge is -2.31. The van der Waals surface area contributed by atoms with Crippen molar-refractivity contribution in [2.45, 2.75) is 46.7 Å².